The van der Waals surface area contributed by atoms with E-state index in [0.29, 0.717) is 33.8 Å². The van der Waals surface area contributed by atoms with Gasteiger partial charge in [0.05, 0.1) is 11.9 Å². The van der Waals surface area contributed by atoms with Crippen molar-refractivity contribution in [3.63, 3.8) is 0 Å². The van der Waals surface area contributed by atoms with Crippen LogP contribution in [0.15, 0.2) is 36.7 Å². The van der Waals surface area contributed by atoms with E-state index >= 15 is 0 Å². The molecule has 0 radical (unpaired) electrons. The Labute approximate surface area is 189 Å². The number of pyridine rings is 1. The van der Waals surface area contributed by atoms with Gasteiger partial charge < -0.3 is 10.2 Å². The number of likely N-dealkylation sites (tertiary alicyclic amines) is 1. The molecule has 0 bridgehead atoms. The summed E-state index contributed by atoms with van der Waals surface area (Å²) in [5, 5.41) is 16.1. The molecule has 0 atom stereocenters. The van der Waals surface area contributed by atoms with Gasteiger partial charge in [-0.15, -0.1) is 10.2 Å². The first-order chi connectivity index (χ1) is 15.6. The average molecular weight is 454 g/mol. The van der Waals surface area contributed by atoms with Crippen molar-refractivity contribution in [1.82, 2.24) is 25.1 Å². The zero-order chi connectivity index (χ0) is 22.0. The van der Waals surface area contributed by atoms with Crippen LogP contribution in [-0.4, -0.2) is 50.7 Å². The smallest absolute Gasteiger partial charge is 0.322 e. The molecule has 32 heavy (non-hydrogen) atoms. The van der Waals surface area contributed by atoms with E-state index in [1.807, 2.05) is 17.0 Å². The third kappa shape index (κ3) is 4.14. The number of halogens is 1. The number of nitrogens with zero attached hydrogens (tertiary/aromatic N) is 5. The molecule has 1 saturated carbocycles. The minimum absolute atomic E-state index is 0.0856. The van der Waals surface area contributed by atoms with Crippen LogP contribution < -0.4 is 10.6 Å². The van der Waals surface area contributed by atoms with Crippen molar-refractivity contribution in [2.75, 3.05) is 30.3 Å². The fourth-order valence-corrected chi connectivity index (χ4v) is 5.00. The van der Waals surface area contributed by atoms with Crippen molar-refractivity contribution >= 4 is 28.2 Å². The van der Waals surface area contributed by atoms with Crippen molar-refractivity contribution < 1.29 is 9.18 Å². The minimum atomic E-state index is -0.302. The first-order valence-corrected chi connectivity index (χ1v) is 11.7. The third-order valence-electron chi connectivity index (χ3n) is 6.19. The number of carbonyl (C=O) groups excluding carboxylic acids is 1. The molecular formula is C22H24FN7OS. The molecular weight excluding hydrogens is 429 g/mol. The number of hydrogen-bond donors (Lipinski definition) is 2. The molecule has 8 nitrogen and oxygen atoms in total. The number of urea groups is 1. The molecule has 1 aliphatic carbocycles. The number of anilines is 2. The summed E-state index contributed by atoms with van der Waals surface area (Å²) in [5.41, 5.74) is 0.856. The fourth-order valence-electron chi connectivity index (χ4n) is 4.23. The normalized spacial score (nSPS) is 17.1. The molecule has 0 unspecified atom stereocenters. The van der Waals surface area contributed by atoms with Crippen LogP contribution in [0.4, 0.5) is 20.0 Å². The predicted octanol–water partition coefficient (Wildman–Crippen LogP) is 4.30. The maximum Gasteiger partial charge on any atom is 0.322 e. The van der Waals surface area contributed by atoms with Crippen molar-refractivity contribution in [3.8, 4) is 10.7 Å². The SMILES string of the molecule is O=C(Nc1cnc(-c2ccc(NCC3(c4ncccc4F)CCC3)nn2)s1)N1CCCC1. The summed E-state index contributed by atoms with van der Waals surface area (Å²) < 4.78 is 14.3. The van der Waals surface area contributed by atoms with Crippen LogP contribution in [0.25, 0.3) is 10.7 Å². The fraction of sp³-hybridized carbons (Fsp3) is 0.409. The van der Waals surface area contributed by atoms with Crippen molar-refractivity contribution in [2.45, 2.75) is 37.5 Å². The average Bonchev–Trinajstić information content (AvgIpc) is 3.47. The third-order valence-corrected chi connectivity index (χ3v) is 7.13. The molecule has 2 N–H and O–H groups in total. The highest BCUT2D eigenvalue weighted by molar-refractivity contribution is 7.19. The first-order valence-electron chi connectivity index (χ1n) is 10.8. The summed E-state index contributed by atoms with van der Waals surface area (Å²) >= 11 is 1.37. The highest BCUT2D eigenvalue weighted by Gasteiger charge is 2.41. The Morgan fingerprint density at radius 3 is 2.66 bits per heavy atom. The lowest BCUT2D eigenvalue weighted by Crippen LogP contribution is -2.42. The van der Waals surface area contributed by atoms with Crippen molar-refractivity contribution in [2.24, 2.45) is 0 Å². The van der Waals surface area contributed by atoms with Crippen LogP contribution in [0.3, 0.4) is 0 Å². The summed E-state index contributed by atoms with van der Waals surface area (Å²) in [6.45, 7) is 2.15. The molecule has 166 valence electrons. The van der Waals surface area contributed by atoms with Crippen molar-refractivity contribution in [1.29, 1.82) is 0 Å². The molecule has 0 spiro atoms. The van der Waals surface area contributed by atoms with Crippen molar-refractivity contribution in [3.05, 3.63) is 48.2 Å². The maximum absolute atomic E-state index is 14.3. The number of nitrogens with one attached hydrogen (secondary N) is 2. The minimum Gasteiger partial charge on any atom is -0.368 e. The van der Waals surface area contributed by atoms with Gasteiger partial charge in [-0.25, -0.2) is 14.2 Å². The van der Waals surface area contributed by atoms with Crippen LogP contribution in [0.1, 0.15) is 37.8 Å². The summed E-state index contributed by atoms with van der Waals surface area (Å²) in [7, 11) is 0. The number of aromatic nitrogens is 4. The number of hydrogen-bond acceptors (Lipinski definition) is 7. The zero-order valence-electron chi connectivity index (χ0n) is 17.6. The molecule has 3 aromatic rings. The van der Waals surface area contributed by atoms with E-state index in [1.54, 1.807) is 18.5 Å². The van der Waals surface area contributed by atoms with Gasteiger partial charge in [0.15, 0.2) is 0 Å². The van der Waals surface area contributed by atoms with Gasteiger partial charge in [0.1, 0.15) is 27.3 Å². The summed E-state index contributed by atoms with van der Waals surface area (Å²) in [4.78, 5) is 22.7. The Kier molecular flexibility index (Phi) is 5.69. The first kappa shape index (κ1) is 20.7. The molecule has 5 rings (SSSR count). The van der Waals surface area contributed by atoms with Crippen LogP contribution in [0, 0.1) is 5.82 Å². The second kappa shape index (κ2) is 8.78. The van der Waals surface area contributed by atoms with Gasteiger partial charge in [-0.1, -0.05) is 17.8 Å². The largest absolute Gasteiger partial charge is 0.368 e. The van der Waals surface area contributed by atoms with Crippen LogP contribution in [0.5, 0.6) is 0 Å². The van der Waals surface area contributed by atoms with Gasteiger partial charge in [0.2, 0.25) is 0 Å². The van der Waals surface area contributed by atoms with E-state index in [4.69, 9.17) is 0 Å². The molecule has 2 amide bonds. The van der Waals surface area contributed by atoms with Gasteiger partial charge in [0, 0.05) is 31.2 Å². The van der Waals surface area contributed by atoms with E-state index in [2.05, 4.69) is 30.8 Å². The monoisotopic (exact) mass is 453 g/mol. The van der Waals surface area contributed by atoms with E-state index in [9.17, 15) is 9.18 Å². The van der Waals surface area contributed by atoms with E-state index in [-0.39, 0.29) is 17.3 Å². The number of amides is 2. The lowest BCUT2D eigenvalue weighted by Gasteiger charge is -2.41. The molecule has 0 aromatic carbocycles. The Balaban J connectivity index is 1.22. The topological polar surface area (TPSA) is 95.9 Å². The second-order valence-electron chi connectivity index (χ2n) is 8.28. The van der Waals surface area contributed by atoms with Crippen LogP contribution in [-0.2, 0) is 5.41 Å². The van der Waals surface area contributed by atoms with Gasteiger partial charge in [-0.2, -0.15) is 0 Å². The number of rotatable bonds is 6. The van der Waals surface area contributed by atoms with E-state index in [0.717, 1.165) is 45.2 Å². The predicted molar refractivity (Wildman–Crippen MR) is 121 cm³/mol. The Morgan fingerprint density at radius 1 is 1.12 bits per heavy atom. The van der Waals surface area contributed by atoms with Crippen LogP contribution >= 0.6 is 11.3 Å². The Morgan fingerprint density at radius 2 is 1.97 bits per heavy atom. The number of carbonyl (C=O) groups is 1. The lowest BCUT2D eigenvalue weighted by atomic mass is 9.66. The molecule has 2 aliphatic rings. The Bertz CT molecular complexity index is 1090. The molecule has 1 saturated heterocycles. The molecule has 3 aromatic heterocycles. The van der Waals surface area contributed by atoms with Gasteiger partial charge in [0.25, 0.3) is 0 Å². The second-order valence-corrected chi connectivity index (χ2v) is 9.31. The van der Waals surface area contributed by atoms with E-state index < -0.39 is 0 Å². The Hall–Kier alpha value is -3.14. The quantitative estimate of drug-likeness (QED) is 0.578. The summed E-state index contributed by atoms with van der Waals surface area (Å²) in [6, 6.07) is 6.68. The lowest BCUT2D eigenvalue weighted by molar-refractivity contribution is 0.222. The van der Waals surface area contributed by atoms with Gasteiger partial charge in [-0.3, -0.25) is 10.3 Å². The molecule has 2 fully saturated rings. The summed E-state index contributed by atoms with van der Waals surface area (Å²) in [6.07, 6.45) is 8.23. The molecule has 1 aliphatic heterocycles. The molecule has 4 heterocycles. The zero-order valence-corrected chi connectivity index (χ0v) is 18.4. The van der Waals surface area contributed by atoms with Gasteiger partial charge in [-0.05, 0) is 49.9 Å². The van der Waals surface area contributed by atoms with Gasteiger partial charge >= 0.3 is 6.03 Å². The van der Waals surface area contributed by atoms with Crippen LogP contribution in [0.2, 0.25) is 0 Å². The summed E-state index contributed by atoms with van der Waals surface area (Å²) in [5.74, 6) is 0.363. The standard InChI is InChI=1S/C22H24FN7OS/c23-15-5-3-10-24-19(15)22(8-4-9-22)14-26-17-7-6-16(28-29-17)20-25-13-18(32-20)27-21(31)30-11-1-2-12-30/h3,5-7,10,13H,1-2,4,8-9,11-12,14H2,(H,26,29)(H,27,31). The number of thiazole rings is 1. The maximum atomic E-state index is 14.3. The molecule has 10 heteroatoms. The van der Waals surface area contributed by atoms with E-state index in [1.165, 1.54) is 17.4 Å². The highest BCUT2D eigenvalue weighted by atomic mass is 32.1. The highest BCUT2D eigenvalue weighted by Crippen LogP contribution is 2.43.